The van der Waals surface area contributed by atoms with Crippen LogP contribution in [0.3, 0.4) is 0 Å². The van der Waals surface area contributed by atoms with Gasteiger partial charge >= 0.3 is 0 Å². The summed E-state index contributed by atoms with van der Waals surface area (Å²) in [4.78, 5) is 31.8. The van der Waals surface area contributed by atoms with Crippen molar-refractivity contribution in [2.24, 2.45) is 5.92 Å². The molecule has 7 nitrogen and oxygen atoms in total. The quantitative estimate of drug-likeness (QED) is 0.663. The third kappa shape index (κ3) is 5.67. The summed E-state index contributed by atoms with van der Waals surface area (Å²) in [7, 11) is 1.97. The summed E-state index contributed by atoms with van der Waals surface area (Å²) in [5.74, 6) is 0.823. The fourth-order valence-corrected chi connectivity index (χ4v) is 4.35. The van der Waals surface area contributed by atoms with Gasteiger partial charge in [0.05, 0.1) is 6.04 Å². The SMILES string of the molecule is CN1CCC[C@@H]1C(=O)N[C@@H](CC1CCCCC1)C(=O)NCc1ccc(N)nc1. The molecule has 0 spiro atoms. The number of nitrogens with one attached hydrogen (secondary N) is 2. The average Bonchev–Trinajstić information content (AvgIpc) is 3.13. The second-order valence-corrected chi connectivity index (χ2v) is 8.25. The standard InChI is InChI=1S/C21H33N5O2/c1-26-11-5-8-18(26)21(28)25-17(12-15-6-3-2-4-7-15)20(27)24-14-16-9-10-19(22)23-13-16/h9-10,13,15,17-18H,2-8,11-12,14H2,1H3,(H2,22,23)(H,24,27)(H,25,28)/t17-,18+/m0/s1. The maximum absolute atomic E-state index is 12.9. The minimum atomic E-state index is -0.480. The molecule has 2 heterocycles. The number of likely N-dealkylation sites (N-methyl/N-ethyl adjacent to an activating group) is 1. The number of likely N-dealkylation sites (tertiary alicyclic amines) is 1. The number of nitrogens with two attached hydrogens (primary N) is 1. The summed E-state index contributed by atoms with van der Waals surface area (Å²) < 4.78 is 0. The molecule has 1 aromatic heterocycles. The molecule has 3 rings (SSSR count). The van der Waals surface area contributed by atoms with Crippen LogP contribution in [-0.4, -0.2) is 47.4 Å². The smallest absolute Gasteiger partial charge is 0.242 e. The number of hydrogen-bond donors (Lipinski definition) is 3. The van der Waals surface area contributed by atoms with Gasteiger partial charge in [-0.05, 0) is 50.4 Å². The minimum Gasteiger partial charge on any atom is -0.384 e. The molecule has 1 aliphatic carbocycles. The van der Waals surface area contributed by atoms with Gasteiger partial charge in [0, 0.05) is 12.7 Å². The Labute approximate surface area is 167 Å². The molecule has 1 saturated heterocycles. The normalized spacial score (nSPS) is 22.0. The Morgan fingerprint density at radius 3 is 2.64 bits per heavy atom. The van der Waals surface area contributed by atoms with Gasteiger partial charge in [-0.2, -0.15) is 0 Å². The number of nitrogen functional groups attached to an aromatic ring is 1. The van der Waals surface area contributed by atoms with E-state index in [-0.39, 0.29) is 17.9 Å². The first-order valence-electron chi connectivity index (χ1n) is 10.5. The van der Waals surface area contributed by atoms with Gasteiger partial charge in [-0.25, -0.2) is 4.98 Å². The van der Waals surface area contributed by atoms with Crippen LogP contribution in [0.25, 0.3) is 0 Å². The number of anilines is 1. The van der Waals surface area contributed by atoms with Gasteiger partial charge in [-0.15, -0.1) is 0 Å². The van der Waals surface area contributed by atoms with Crippen LogP contribution in [0.2, 0.25) is 0 Å². The van der Waals surface area contributed by atoms with Crippen molar-refractivity contribution in [1.82, 2.24) is 20.5 Å². The second-order valence-electron chi connectivity index (χ2n) is 8.25. The van der Waals surface area contributed by atoms with E-state index in [1.165, 1.54) is 19.3 Å². The Kier molecular flexibility index (Phi) is 7.25. The lowest BCUT2D eigenvalue weighted by molar-refractivity contribution is -0.131. The number of carbonyl (C=O) groups is 2. The number of nitrogens with zero attached hydrogens (tertiary/aromatic N) is 2. The first-order chi connectivity index (χ1) is 13.5. The first-order valence-corrected chi connectivity index (χ1v) is 10.5. The molecule has 1 aliphatic heterocycles. The molecule has 0 radical (unpaired) electrons. The van der Waals surface area contributed by atoms with E-state index in [1.54, 1.807) is 12.3 Å². The zero-order chi connectivity index (χ0) is 19.9. The van der Waals surface area contributed by atoms with Gasteiger partial charge in [0.15, 0.2) is 0 Å². The molecule has 2 amide bonds. The number of amides is 2. The van der Waals surface area contributed by atoms with Crippen molar-refractivity contribution < 1.29 is 9.59 Å². The Hall–Kier alpha value is -2.15. The molecule has 1 aromatic rings. The van der Waals surface area contributed by atoms with Gasteiger partial charge in [-0.3, -0.25) is 14.5 Å². The van der Waals surface area contributed by atoms with E-state index < -0.39 is 6.04 Å². The van der Waals surface area contributed by atoms with Crippen LogP contribution in [-0.2, 0) is 16.1 Å². The lowest BCUT2D eigenvalue weighted by Gasteiger charge is -2.28. The predicted molar refractivity (Wildman–Crippen MR) is 109 cm³/mol. The molecular weight excluding hydrogens is 354 g/mol. The van der Waals surface area contributed by atoms with E-state index in [0.29, 0.717) is 24.7 Å². The highest BCUT2D eigenvalue weighted by Gasteiger charge is 2.32. The largest absolute Gasteiger partial charge is 0.384 e. The molecule has 2 atom stereocenters. The van der Waals surface area contributed by atoms with Crippen molar-refractivity contribution in [2.75, 3.05) is 19.3 Å². The van der Waals surface area contributed by atoms with Crippen LogP contribution >= 0.6 is 0 Å². The highest BCUT2D eigenvalue weighted by Crippen LogP contribution is 2.27. The van der Waals surface area contributed by atoms with Crippen molar-refractivity contribution in [3.05, 3.63) is 23.9 Å². The van der Waals surface area contributed by atoms with E-state index in [0.717, 1.165) is 37.8 Å². The van der Waals surface area contributed by atoms with E-state index in [2.05, 4.69) is 20.5 Å². The molecule has 2 fully saturated rings. The molecule has 0 unspecified atom stereocenters. The summed E-state index contributed by atoms with van der Waals surface area (Å²) >= 11 is 0. The van der Waals surface area contributed by atoms with Crippen molar-refractivity contribution in [3.8, 4) is 0 Å². The Balaban J connectivity index is 1.60. The van der Waals surface area contributed by atoms with Gasteiger partial charge in [-0.1, -0.05) is 38.2 Å². The number of aromatic nitrogens is 1. The lowest BCUT2D eigenvalue weighted by Crippen LogP contribution is -2.52. The highest BCUT2D eigenvalue weighted by molar-refractivity contribution is 5.89. The third-order valence-corrected chi connectivity index (χ3v) is 6.06. The van der Waals surface area contributed by atoms with Gasteiger partial charge in [0.25, 0.3) is 0 Å². The fraction of sp³-hybridized carbons (Fsp3) is 0.667. The van der Waals surface area contributed by atoms with Crippen LogP contribution in [0, 0.1) is 5.92 Å². The van der Waals surface area contributed by atoms with Gasteiger partial charge < -0.3 is 16.4 Å². The molecule has 4 N–H and O–H groups in total. The monoisotopic (exact) mass is 387 g/mol. The van der Waals surface area contributed by atoms with E-state index in [9.17, 15) is 9.59 Å². The Morgan fingerprint density at radius 2 is 2.00 bits per heavy atom. The van der Waals surface area contributed by atoms with Gasteiger partial charge in [0.2, 0.25) is 11.8 Å². The van der Waals surface area contributed by atoms with E-state index in [4.69, 9.17) is 5.73 Å². The Morgan fingerprint density at radius 1 is 1.21 bits per heavy atom. The summed E-state index contributed by atoms with van der Waals surface area (Å²) in [5.41, 5.74) is 6.50. The van der Waals surface area contributed by atoms with Crippen molar-refractivity contribution in [3.63, 3.8) is 0 Å². The van der Waals surface area contributed by atoms with Gasteiger partial charge in [0.1, 0.15) is 11.9 Å². The molecular formula is C21H33N5O2. The molecule has 28 heavy (non-hydrogen) atoms. The highest BCUT2D eigenvalue weighted by atomic mass is 16.2. The van der Waals surface area contributed by atoms with Crippen LogP contribution in [0.1, 0.15) is 56.9 Å². The second kappa shape index (κ2) is 9.87. The number of pyridine rings is 1. The van der Waals surface area contributed by atoms with Crippen molar-refractivity contribution >= 4 is 17.6 Å². The molecule has 7 heteroatoms. The third-order valence-electron chi connectivity index (χ3n) is 6.06. The first kappa shape index (κ1) is 20.6. The van der Waals surface area contributed by atoms with Crippen LogP contribution in [0.15, 0.2) is 18.3 Å². The molecule has 2 aliphatic rings. The zero-order valence-corrected chi connectivity index (χ0v) is 16.8. The van der Waals surface area contributed by atoms with Crippen LogP contribution < -0.4 is 16.4 Å². The molecule has 1 saturated carbocycles. The van der Waals surface area contributed by atoms with Crippen molar-refractivity contribution in [2.45, 2.75) is 70.0 Å². The average molecular weight is 388 g/mol. The van der Waals surface area contributed by atoms with E-state index >= 15 is 0 Å². The molecule has 0 aromatic carbocycles. The number of hydrogen-bond acceptors (Lipinski definition) is 5. The molecule has 0 bridgehead atoms. The summed E-state index contributed by atoms with van der Waals surface area (Å²) in [6.45, 7) is 1.31. The summed E-state index contributed by atoms with van der Waals surface area (Å²) in [5, 5.41) is 6.02. The van der Waals surface area contributed by atoms with Crippen LogP contribution in [0.4, 0.5) is 5.82 Å². The Bertz CT molecular complexity index is 657. The van der Waals surface area contributed by atoms with E-state index in [1.807, 2.05) is 13.1 Å². The maximum Gasteiger partial charge on any atom is 0.242 e. The lowest BCUT2D eigenvalue weighted by atomic mass is 9.84. The fourth-order valence-electron chi connectivity index (χ4n) is 4.35. The number of carbonyl (C=O) groups excluding carboxylic acids is 2. The zero-order valence-electron chi connectivity index (χ0n) is 16.8. The topological polar surface area (TPSA) is 100 Å². The maximum atomic E-state index is 12.9. The predicted octanol–water partition coefficient (Wildman–Crippen LogP) is 1.83. The number of rotatable bonds is 7. The summed E-state index contributed by atoms with van der Waals surface area (Å²) in [6, 6.07) is 2.97. The molecule has 154 valence electrons. The van der Waals surface area contributed by atoms with Crippen LogP contribution in [0.5, 0.6) is 0 Å². The summed E-state index contributed by atoms with van der Waals surface area (Å²) in [6.07, 6.45) is 10.3. The minimum absolute atomic E-state index is 0.0230. The van der Waals surface area contributed by atoms with Crippen molar-refractivity contribution in [1.29, 1.82) is 0 Å².